The zero-order valence-corrected chi connectivity index (χ0v) is 25.0. The molecule has 9 nitrogen and oxygen atoms in total. The number of aliphatic hydroxyl groups excluding tert-OH is 1. The number of hydrogen-bond donors (Lipinski definition) is 3. The van der Waals surface area contributed by atoms with Gasteiger partial charge in [-0.15, -0.1) is 0 Å². The summed E-state index contributed by atoms with van der Waals surface area (Å²) in [4.78, 5) is 43.7. The number of nitrogens with zero attached hydrogens (tertiary/aromatic N) is 4. The molecule has 2 aromatic heterocycles. The van der Waals surface area contributed by atoms with Crippen molar-refractivity contribution in [3.8, 4) is 22.5 Å². The van der Waals surface area contributed by atoms with Gasteiger partial charge in [-0.2, -0.15) is 0 Å². The smallest absolute Gasteiger partial charge is 0.251 e. The summed E-state index contributed by atoms with van der Waals surface area (Å²) in [5.74, 6) is -0.259. The lowest BCUT2D eigenvalue weighted by Gasteiger charge is -2.32. The number of aldehydes is 1. The van der Waals surface area contributed by atoms with E-state index in [-0.39, 0.29) is 17.5 Å². The minimum atomic E-state index is -0.259. The Morgan fingerprint density at radius 3 is 2.42 bits per heavy atom. The first-order valence-electron chi connectivity index (χ1n) is 15.0. The van der Waals surface area contributed by atoms with Crippen LogP contribution in [0.15, 0.2) is 109 Å². The van der Waals surface area contributed by atoms with E-state index in [4.69, 9.17) is 4.98 Å². The van der Waals surface area contributed by atoms with Crippen molar-refractivity contribution in [3.63, 3.8) is 0 Å². The molecule has 9 heteroatoms. The monoisotopic (exact) mass is 598 g/mol. The van der Waals surface area contributed by atoms with Crippen molar-refractivity contribution in [2.75, 3.05) is 13.1 Å². The number of amides is 1. The lowest BCUT2D eigenvalue weighted by Crippen LogP contribution is -2.44. The second kappa shape index (κ2) is 13.5. The number of aliphatic hydroxyl groups is 1. The van der Waals surface area contributed by atoms with Crippen LogP contribution >= 0.6 is 0 Å². The number of allylic oxidation sites excluding steroid dienone is 3. The van der Waals surface area contributed by atoms with Gasteiger partial charge in [-0.3, -0.25) is 14.5 Å². The van der Waals surface area contributed by atoms with E-state index in [0.717, 1.165) is 77.1 Å². The third kappa shape index (κ3) is 6.73. The summed E-state index contributed by atoms with van der Waals surface area (Å²) < 4.78 is 0. The molecule has 45 heavy (non-hydrogen) atoms. The largest absolute Gasteiger partial charge is 0.515 e. The molecule has 1 saturated heterocycles. The van der Waals surface area contributed by atoms with Crippen LogP contribution in [0.5, 0.6) is 0 Å². The quantitative estimate of drug-likeness (QED) is 0.0815. The molecule has 0 saturated carbocycles. The van der Waals surface area contributed by atoms with Gasteiger partial charge in [0.2, 0.25) is 0 Å². The Labute approximate surface area is 261 Å². The summed E-state index contributed by atoms with van der Waals surface area (Å²) in [6.07, 6.45) is 9.17. The highest BCUT2D eigenvalue weighted by atomic mass is 16.2. The predicted octanol–water partition coefficient (Wildman–Crippen LogP) is 6.06. The third-order valence-corrected chi connectivity index (χ3v) is 8.05. The van der Waals surface area contributed by atoms with Crippen molar-refractivity contribution in [1.29, 1.82) is 0 Å². The number of fused-ring (bicyclic) bond motifs is 2. The molecular formula is C36H34N6O3. The fourth-order valence-electron chi connectivity index (χ4n) is 5.69. The Hall–Kier alpha value is -5.41. The van der Waals surface area contributed by atoms with Gasteiger partial charge in [0.25, 0.3) is 5.91 Å². The highest BCUT2D eigenvalue weighted by Gasteiger charge is 2.22. The van der Waals surface area contributed by atoms with Crippen molar-refractivity contribution in [1.82, 2.24) is 30.2 Å². The molecule has 0 radical (unpaired) electrons. The first-order valence-corrected chi connectivity index (χ1v) is 15.0. The van der Waals surface area contributed by atoms with Crippen molar-refractivity contribution < 1.29 is 14.7 Å². The lowest BCUT2D eigenvalue weighted by molar-refractivity contribution is -0.118. The molecule has 226 valence electrons. The van der Waals surface area contributed by atoms with Crippen molar-refractivity contribution in [3.05, 3.63) is 114 Å². The number of carbonyl (C=O) groups excluding carboxylic acids is 2. The number of carbonyl (C=O) groups is 2. The molecule has 1 fully saturated rings. The standard InChI is InChI=1S/C36H34N6O3/c1-2-6-28(17-25(21-43)22-44)36(45)39-29-13-15-42(16-14-29)20-24-9-11-27(12-10-24)35-34(26-7-4-3-5-8-26)40-32-18-30-31(38-23-37-30)19-33(32)41-35/h2-12,17-19,21-23,29,41,43H,13-16,20H2,1H3,(H,39,45)/b6-2-,25-21-,28-17+. The van der Waals surface area contributed by atoms with Crippen LogP contribution in [0, 0.1) is 0 Å². The second-order valence-corrected chi connectivity index (χ2v) is 11.1. The number of rotatable bonds is 9. The molecule has 3 heterocycles. The molecule has 5 aromatic rings. The summed E-state index contributed by atoms with van der Waals surface area (Å²) in [7, 11) is 0. The summed E-state index contributed by atoms with van der Waals surface area (Å²) in [5.41, 5.74) is 8.86. The number of hydrogen-bond acceptors (Lipinski definition) is 7. The third-order valence-electron chi connectivity index (χ3n) is 8.05. The molecule has 0 atom stereocenters. The van der Waals surface area contributed by atoms with Crippen LogP contribution in [0.4, 0.5) is 0 Å². The van der Waals surface area contributed by atoms with Gasteiger partial charge in [0.05, 0.1) is 39.7 Å². The number of imidazole rings is 1. The van der Waals surface area contributed by atoms with E-state index in [9.17, 15) is 14.7 Å². The van der Waals surface area contributed by atoms with Crippen LogP contribution in [0.1, 0.15) is 25.3 Å². The lowest BCUT2D eigenvalue weighted by atomic mass is 10.0. The minimum Gasteiger partial charge on any atom is -0.515 e. The molecule has 1 amide bonds. The maximum atomic E-state index is 12.8. The summed E-state index contributed by atoms with van der Waals surface area (Å²) >= 11 is 0. The molecule has 3 N–H and O–H groups in total. The predicted molar refractivity (Wildman–Crippen MR) is 176 cm³/mol. The average Bonchev–Trinajstić information content (AvgIpc) is 3.54. The number of piperidine rings is 1. The molecule has 0 unspecified atom stereocenters. The highest BCUT2D eigenvalue weighted by Crippen LogP contribution is 2.32. The SMILES string of the molecule is C\C=C/C(=C\C(C=O)=C\O)C(=O)NC1CCN(Cc2ccc(-c3[nH]c4cc5ncnc5cc4nc3-c3ccccc3)cc2)CC1. The zero-order valence-electron chi connectivity index (χ0n) is 25.0. The maximum Gasteiger partial charge on any atom is 0.251 e. The average molecular weight is 599 g/mol. The number of nitrogens with one attached hydrogen (secondary N) is 2. The molecule has 6 rings (SSSR count). The van der Waals surface area contributed by atoms with Gasteiger partial charge in [-0.1, -0.05) is 66.7 Å². The molecule has 0 spiro atoms. The zero-order chi connectivity index (χ0) is 31.2. The normalized spacial score (nSPS) is 15.2. The van der Waals surface area contributed by atoms with Gasteiger partial charge < -0.3 is 15.4 Å². The topological polar surface area (TPSA) is 124 Å². The van der Waals surface area contributed by atoms with Crippen LogP contribution in [-0.4, -0.2) is 61.3 Å². The van der Waals surface area contributed by atoms with Gasteiger partial charge in [-0.25, -0.2) is 15.0 Å². The molecule has 1 aliphatic rings. The molecule has 3 aromatic carbocycles. The summed E-state index contributed by atoms with van der Waals surface area (Å²) in [5, 5.41) is 12.3. The maximum absolute atomic E-state index is 12.8. The minimum absolute atomic E-state index is 0.0375. The first-order chi connectivity index (χ1) is 22.0. The fourth-order valence-corrected chi connectivity index (χ4v) is 5.69. The van der Waals surface area contributed by atoms with Crippen LogP contribution < -0.4 is 5.32 Å². The Bertz CT molecular complexity index is 1920. The van der Waals surface area contributed by atoms with E-state index in [1.54, 1.807) is 25.4 Å². The summed E-state index contributed by atoms with van der Waals surface area (Å²) in [6.45, 7) is 4.32. The van der Waals surface area contributed by atoms with E-state index in [0.29, 0.717) is 18.1 Å². The van der Waals surface area contributed by atoms with Crippen LogP contribution in [0.25, 0.3) is 44.6 Å². The molecule has 0 bridgehead atoms. The fraction of sp³-hybridized carbons (Fsp3) is 0.194. The Morgan fingerprint density at radius 2 is 1.73 bits per heavy atom. The second-order valence-electron chi connectivity index (χ2n) is 11.1. The van der Waals surface area contributed by atoms with Gasteiger partial charge in [-0.05, 0) is 43.5 Å². The number of H-pyrrole nitrogens is 1. The van der Waals surface area contributed by atoms with Gasteiger partial charge in [0, 0.05) is 47.9 Å². The van der Waals surface area contributed by atoms with Crippen molar-refractivity contribution in [2.24, 2.45) is 0 Å². The van der Waals surface area contributed by atoms with E-state index in [1.165, 1.54) is 11.6 Å². The van der Waals surface area contributed by atoms with Crippen molar-refractivity contribution >= 4 is 34.3 Å². The molecule has 1 aliphatic heterocycles. The van der Waals surface area contributed by atoms with E-state index in [1.807, 2.05) is 30.3 Å². The van der Waals surface area contributed by atoms with Gasteiger partial charge >= 0.3 is 0 Å². The van der Waals surface area contributed by atoms with Gasteiger partial charge in [0.15, 0.2) is 6.29 Å². The number of aromatic nitrogens is 4. The molecular weight excluding hydrogens is 564 g/mol. The number of benzene rings is 3. The van der Waals surface area contributed by atoms with Crippen LogP contribution in [0.2, 0.25) is 0 Å². The van der Waals surface area contributed by atoms with E-state index >= 15 is 0 Å². The Kier molecular flexibility index (Phi) is 8.89. The number of likely N-dealkylation sites (tertiary alicyclic amines) is 1. The van der Waals surface area contributed by atoms with Crippen molar-refractivity contribution in [2.45, 2.75) is 32.4 Å². The van der Waals surface area contributed by atoms with Gasteiger partial charge in [0.1, 0.15) is 6.33 Å². The first kappa shape index (κ1) is 29.7. The highest BCUT2D eigenvalue weighted by molar-refractivity contribution is 5.98. The van der Waals surface area contributed by atoms with Crippen LogP contribution in [0.3, 0.4) is 0 Å². The van der Waals surface area contributed by atoms with E-state index in [2.05, 4.69) is 61.6 Å². The number of aromatic amines is 1. The molecule has 0 aliphatic carbocycles. The van der Waals surface area contributed by atoms with Crippen LogP contribution in [-0.2, 0) is 16.1 Å². The Morgan fingerprint density at radius 1 is 1.00 bits per heavy atom. The van der Waals surface area contributed by atoms with E-state index < -0.39 is 0 Å². The Balaban J connectivity index is 1.15. The summed E-state index contributed by atoms with van der Waals surface area (Å²) in [6, 6.07) is 22.8.